The van der Waals surface area contributed by atoms with Gasteiger partial charge >= 0.3 is 18.2 Å². The number of ether oxygens (including phenoxy) is 1. The molecule has 9 heteroatoms. The van der Waals surface area contributed by atoms with Gasteiger partial charge in [-0.3, -0.25) is 5.32 Å². The molecule has 1 amide bonds. The number of hydrogen-bond acceptors (Lipinski definition) is 3. The van der Waals surface area contributed by atoms with Gasteiger partial charge in [0, 0.05) is 3.57 Å². The third kappa shape index (κ3) is 5.32. The highest BCUT2D eigenvalue weighted by Crippen LogP contribution is 2.20. The van der Waals surface area contributed by atoms with Crippen LogP contribution in [0.2, 0.25) is 0 Å². The van der Waals surface area contributed by atoms with E-state index in [1.807, 2.05) is 27.9 Å². The molecule has 1 rings (SSSR count). The Morgan fingerprint density at radius 1 is 1.37 bits per heavy atom. The Morgan fingerprint density at radius 2 is 2.00 bits per heavy atom. The smallest absolute Gasteiger partial charge is 0.422 e. The molecule has 0 aliphatic carbocycles. The molecule has 0 fully saturated rings. The van der Waals surface area contributed by atoms with Crippen LogP contribution in [0.25, 0.3) is 0 Å². The SMILES string of the molecule is O=C(Nc1ccc(I)cc1C(=O)O)OCC(F)(F)F. The Kier molecular flexibility index (Phi) is 4.97. The second kappa shape index (κ2) is 6.08. The van der Waals surface area contributed by atoms with E-state index in [-0.39, 0.29) is 11.3 Å². The summed E-state index contributed by atoms with van der Waals surface area (Å²) in [6.45, 7) is -1.74. The van der Waals surface area contributed by atoms with Crippen molar-refractivity contribution < 1.29 is 32.6 Å². The molecule has 0 saturated carbocycles. The molecule has 5 nitrogen and oxygen atoms in total. The summed E-state index contributed by atoms with van der Waals surface area (Å²) >= 11 is 1.86. The van der Waals surface area contributed by atoms with Crippen molar-refractivity contribution in [3.63, 3.8) is 0 Å². The number of nitrogens with one attached hydrogen (secondary N) is 1. The second-order valence-electron chi connectivity index (χ2n) is 3.31. The Hall–Kier alpha value is -1.52. The summed E-state index contributed by atoms with van der Waals surface area (Å²) in [5, 5.41) is 10.8. The first-order valence-corrected chi connectivity index (χ1v) is 5.80. The lowest BCUT2D eigenvalue weighted by Gasteiger charge is -2.11. The zero-order valence-electron chi connectivity index (χ0n) is 9.12. The van der Waals surface area contributed by atoms with Crippen molar-refractivity contribution in [3.05, 3.63) is 27.3 Å². The van der Waals surface area contributed by atoms with E-state index in [4.69, 9.17) is 5.11 Å². The van der Waals surface area contributed by atoms with Gasteiger partial charge in [0.05, 0.1) is 11.3 Å². The van der Waals surface area contributed by atoms with Gasteiger partial charge in [0.1, 0.15) is 0 Å². The van der Waals surface area contributed by atoms with E-state index in [1.54, 1.807) is 0 Å². The maximum Gasteiger partial charge on any atom is 0.422 e. The van der Waals surface area contributed by atoms with Crippen molar-refractivity contribution in [1.82, 2.24) is 0 Å². The van der Waals surface area contributed by atoms with Crippen LogP contribution in [0, 0.1) is 3.57 Å². The van der Waals surface area contributed by atoms with Crippen molar-refractivity contribution >= 4 is 40.3 Å². The minimum atomic E-state index is -4.64. The lowest BCUT2D eigenvalue weighted by atomic mass is 10.2. The first-order chi connectivity index (χ1) is 8.69. The Balaban J connectivity index is 2.77. The lowest BCUT2D eigenvalue weighted by Crippen LogP contribution is -2.24. The van der Waals surface area contributed by atoms with Gasteiger partial charge in [-0.25, -0.2) is 9.59 Å². The van der Waals surface area contributed by atoms with E-state index < -0.39 is 24.8 Å². The van der Waals surface area contributed by atoms with E-state index in [9.17, 15) is 22.8 Å². The number of alkyl halides is 3. The maximum atomic E-state index is 11.8. The highest BCUT2D eigenvalue weighted by Gasteiger charge is 2.29. The molecule has 0 aromatic heterocycles. The van der Waals surface area contributed by atoms with E-state index in [1.165, 1.54) is 18.2 Å². The minimum Gasteiger partial charge on any atom is -0.478 e. The predicted molar refractivity (Wildman–Crippen MR) is 67.1 cm³/mol. The van der Waals surface area contributed by atoms with Crippen molar-refractivity contribution in [2.75, 3.05) is 11.9 Å². The molecule has 0 bridgehead atoms. The summed E-state index contributed by atoms with van der Waals surface area (Å²) in [5.74, 6) is -1.32. The number of anilines is 1. The Bertz CT molecular complexity index is 504. The number of rotatable bonds is 3. The number of carbonyl (C=O) groups is 2. The zero-order valence-corrected chi connectivity index (χ0v) is 11.3. The molecule has 0 unspecified atom stereocenters. The van der Waals surface area contributed by atoms with Crippen LogP contribution in [0.3, 0.4) is 0 Å². The number of benzene rings is 1. The second-order valence-corrected chi connectivity index (χ2v) is 4.56. The summed E-state index contributed by atoms with van der Waals surface area (Å²) in [5.41, 5.74) is -0.379. The zero-order chi connectivity index (χ0) is 14.6. The average Bonchev–Trinajstić information content (AvgIpc) is 2.28. The highest BCUT2D eigenvalue weighted by molar-refractivity contribution is 14.1. The fourth-order valence-corrected chi connectivity index (χ4v) is 1.59. The molecule has 1 aromatic carbocycles. The molecule has 2 N–H and O–H groups in total. The van der Waals surface area contributed by atoms with Gasteiger partial charge in [-0.1, -0.05) is 0 Å². The molecule has 0 saturated heterocycles. The molecule has 0 aliphatic heterocycles. The van der Waals surface area contributed by atoms with Crippen LogP contribution < -0.4 is 5.32 Å². The molecule has 0 spiro atoms. The molecule has 0 heterocycles. The largest absolute Gasteiger partial charge is 0.478 e. The number of carboxylic acid groups (broad SMARTS) is 1. The minimum absolute atomic E-state index is 0.139. The van der Waals surface area contributed by atoms with Crippen molar-refractivity contribution in [2.45, 2.75) is 6.18 Å². The van der Waals surface area contributed by atoms with E-state index in [2.05, 4.69) is 4.74 Å². The van der Waals surface area contributed by atoms with E-state index in [0.717, 1.165) is 0 Å². The molecule has 0 radical (unpaired) electrons. The average molecular weight is 389 g/mol. The summed E-state index contributed by atoms with van der Waals surface area (Å²) in [6, 6.07) is 4.02. The van der Waals surface area contributed by atoms with Crippen molar-refractivity contribution in [2.24, 2.45) is 0 Å². The number of hydrogen-bond donors (Lipinski definition) is 2. The highest BCUT2D eigenvalue weighted by atomic mass is 127. The quantitative estimate of drug-likeness (QED) is 0.780. The molecule has 1 aromatic rings. The van der Waals surface area contributed by atoms with Gasteiger partial charge in [-0.2, -0.15) is 13.2 Å². The topological polar surface area (TPSA) is 75.6 Å². The van der Waals surface area contributed by atoms with Crippen LogP contribution >= 0.6 is 22.6 Å². The normalized spacial score (nSPS) is 10.9. The third-order valence-electron chi connectivity index (χ3n) is 1.82. The first kappa shape index (κ1) is 15.5. The molecular formula is C10H7F3INO4. The fourth-order valence-electron chi connectivity index (χ4n) is 1.10. The summed E-state index contributed by atoms with van der Waals surface area (Å²) in [4.78, 5) is 22.0. The molecular weight excluding hydrogens is 382 g/mol. The summed E-state index contributed by atoms with van der Waals surface area (Å²) < 4.78 is 40.0. The van der Waals surface area contributed by atoms with Gasteiger partial charge in [0.25, 0.3) is 0 Å². The van der Waals surface area contributed by atoms with Crippen LogP contribution in [-0.4, -0.2) is 30.0 Å². The number of halogens is 4. The van der Waals surface area contributed by atoms with Gasteiger partial charge in [0.2, 0.25) is 0 Å². The Labute approximate surface area is 118 Å². The van der Waals surface area contributed by atoms with Gasteiger partial charge in [0.15, 0.2) is 6.61 Å². The van der Waals surface area contributed by atoms with Gasteiger partial charge in [-0.05, 0) is 40.8 Å². The predicted octanol–water partition coefficient (Wildman–Crippen LogP) is 3.10. The fraction of sp³-hybridized carbons (Fsp3) is 0.200. The molecule has 104 valence electrons. The van der Waals surface area contributed by atoms with Gasteiger partial charge in [-0.15, -0.1) is 0 Å². The third-order valence-corrected chi connectivity index (χ3v) is 2.49. The van der Waals surface area contributed by atoms with Crippen molar-refractivity contribution in [3.8, 4) is 0 Å². The maximum absolute atomic E-state index is 11.8. The molecule has 0 atom stereocenters. The van der Waals surface area contributed by atoms with Crippen LogP contribution in [0.15, 0.2) is 18.2 Å². The van der Waals surface area contributed by atoms with Crippen LogP contribution in [0.1, 0.15) is 10.4 Å². The number of carboxylic acids is 1. The Morgan fingerprint density at radius 3 is 2.53 bits per heavy atom. The lowest BCUT2D eigenvalue weighted by molar-refractivity contribution is -0.159. The molecule has 19 heavy (non-hydrogen) atoms. The monoisotopic (exact) mass is 389 g/mol. The summed E-state index contributed by atoms with van der Waals surface area (Å²) in [7, 11) is 0. The number of aromatic carboxylic acids is 1. The van der Waals surface area contributed by atoms with E-state index in [0.29, 0.717) is 3.57 Å². The standard InChI is InChI=1S/C10H7F3INO4/c11-10(12,13)4-19-9(18)15-7-2-1-5(14)3-6(7)8(16)17/h1-3H,4H2,(H,15,18)(H,16,17). The molecule has 0 aliphatic rings. The van der Waals surface area contributed by atoms with Crippen LogP contribution in [-0.2, 0) is 4.74 Å². The van der Waals surface area contributed by atoms with Crippen LogP contribution in [0.4, 0.5) is 23.7 Å². The van der Waals surface area contributed by atoms with Gasteiger partial charge < -0.3 is 9.84 Å². The first-order valence-electron chi connectivity index (χ1n) is 4.72. The summed E-state index contributed by atoms with van der Waals surface area (Å²) in [6.07, 6.45) is -6.01. The number of carbonyl (C=O) groups excluding carboxylic acids is 1. The van der Waals surface area contributed by atoms with E-state index >= 15 is 0 Å². The van der Waals surface area contributed by atoms with Crippen molar-refractivity contribution in [1.29, 1.82) is 0 Å². The number of amides is 1. The van der Waals surface area contributed by atoms with Crippen LogP contribution in [0.5, 0.6) is 0 Å².